The van der Waals surface area contributed by atoms with Gasteiger partial charge >= 0.3 is 0 Å². The maximum Gasteiger partial charge on any atom is 0.274 e. The molecule has 1 aliphatic heterocycles. The number of nitrogens with zero attached hydrogens (tertiary/aromatic N) is 3. The van der Waals surface area contributed by atoms with Crippen LogP contribution in [0.3, 0.4) is 0 Å². The van der Waals surface area contributed by atoms with Crippen LogP contribution in [0, 0.1) is 0 Å². The number of likely N-dealkylation sites (N-methyl/N-ethyl adjacent to an activating group) is 1. The average molecular weight is 371 g/mol. The summed E-state index contributed by atoms with van der Waals surface area (Å²) in [5.41, 5.74) is 5.19. The van der Waals surface area contributed by atoms with Gasteiger partial charge < -0.3 is 4.90 Å². The normalized spacial score (nSPS) is 16.0. The van der Waals surface area contributed by atoms with E-state index in [-0.39, 0.29) is 5.56 Å². The van der Waals surface area contributed by atoms with Crippen LogP contribution in [-0.2, 0) is 0 Å². The van der Waals surface area contributed by atoms with Crippen LogP contribution in [-0.4, -0.2) is 15.9 Å². The largest absolute Gasteiger partial charge is 0.341 e. The third-order valence-corrected chi connectivity index (χ3v) is 5.83. The van der Waals surface area contributed by atoms with Gasteiger partial charge in [-0.1, -0.05) is 47.7 Å². The van der Waals surface area contributed by atoms with Gasteiger partial charge in [0, 0.05) is 17.9 Å². The van der Waals surface area contributed by atoms with Crippen molar-refractivity contribution in [3.8, 4) is 0 Å². The summed E-state index contributed by atoms with van der Waals surface area (Å²) in [6, 6.07) is 16.1. The summed E-state index contributed by atoms with van der Waals surface area (Å²) >= 11 is 1.43. The van der Waals surface area contributed by atoms with Gasteiger partial charge in [-0.15, -0.1) is 0 Å². The number of allylic oxidation sites excluding steroid dienone is 2. The van der Waals surface area contributed by atoms with Gasteiger partial charge in [-0.2, -0.15) is 0 Å². The van der Waals surface area contributed by atoms with Crippen LogP contribution in [0.4, 0.5) is 5.69 Å². The first-order chi connectivity index (χ1) is 13.3. The van der Waals surface area contributed by atoms with Crippen LogP contribution >= 0.6 is 11.3 Å². The maximum absolute atomic E-state index is 12.9. The zero-order chi connectivity index (χ0) is 18.4. The number of para-hydroxylation sites is 3. The van der Waals surface area contributed by atoms with Gasteiger partial charge in [0.05, 0.1) is 15.6 Å². The van der Waals surface area contributed by atoms with E-state index in [0.29, 0.717) is 4.53 Å². The number of imidazole rings is 1. The molecule has 0 atom stereocenters. The highest BCUT2D eigenvalue weighted by molar-refractivity contribution is 7.15. The van der Waals surface area contributed by atoms with Gasteiger partial charge in [-0.25, -0.2) is 9.38 Å². The van der Waals surface area contributed by atoms with Crippen molar-refractivity contribution in [3.63, 3.8) is 0 Å². The first-order valence-electron chi connectivity index (χ1n) is 8.93. The molecule has 0 aliphatic carbocycles. The molecule has 132 valence electrons. The molecule has 0 saturated heterocycles. The number of rotatable bonds is 2. The molecule has 0 saturated carbocycles. The van der Waals surface area contributed by atoms with Crippen molar-refractivity contribution >= 4 is 45.2 Å². The summed E-state index contributed by atoms with van der Waals surface area (Å²) in [7, 11) is 0. The van der Waals surface area contributed by atoms with Crippen LogP contribution in [0.25, 0.3) is 28.1 Å². The van der Waals surface area contributed by atoms with Crippen LogP contribution in [0.5, 0.6) is 0 Å². The van der Waals surface area contributed by atoms with Crippen molar-refractivity contribution in [2.75, 3.05) is 11.4 Å². The van der Waals surface area contributed by atoms with Crippen LogP contribution in [0.15, 0.2) is 71.2 Å². The Morgan fingerprint density at radius 2 is 1.85 bits per heavy atom. The Hall–Kier alpha value is -3.18. The van der Waals surface area contributed by atoms with Crippen LogP contribution < -0.4 is 15.0 Å². The van der Waals surface area contributed by atoms with Gasteiger partial charge in [0.1, 0.15) is 0 Å². The van der Waals surface area contributed by atoms with Crippen molar-refractivity contribution in [1.29, 1.82) is 0 Å². The second-order valence-corrected chi connectivity index (χ2v) is 7.39. The van der Waals surface area contributed by atoms with E-state index < -0.39 is 0 Å². The number of thiazole rings is 1. The minimum atomic E-state index is -0.0104. The highest BCUT2D eigenvalue weighted by Gasteiger charge is 2.15. The van der Waals surface area contributed by atoms with E-state index in [0.717, 1.165) is 28.2 Å². The zero-order valence-corrected chi connectivity index (χ0v) is 15.6. The maximum atomic E-state index is 12.9. The fourth-order valence-electron chi connectivity index (χ4n) is 3.56. The number of fused-ring (bicyclic) bond motifs is 4. The monoisotopic (exact) mass is 371 g/mol. The third-order valence-electron chi connectivity index (χ3n) is 4.84. The number of anilines is 1. The van der Waals surface area contributed by atoms with E-state index in [2.05, 4.69) is 47.2 Å². The van der Waals surface area contributed by atoms with Gasteiger partial charge in [-0.3, -0.25) is 4.79 Å². The quantitative estimate of drug-likeness (QED) is 0.537. The summed E-state index contributed by atoms with van der Waals surface area (Å²) in [6.45, 7) is 3.00. The fraction of sp³-hybridized carbons (Fsp3) is 0.0909. The van der Waals surface area contributed by atoms with E-state index in [1.807, 2.05) is 42.5 Å². The van der Waals surface area contributed by atoms with Crippen molar-refractivity contribution in [1.82, 2.24) is 9.38 Å². The lowest BCUT2D eigenvalue weighted by Crippen LogP contribution is -2.24. The predicted octanol–water partition coefficient (Wildman–Crippen LogP) is 3.85. The minimum Gasteiger partial charge on any atom is -0.341 e. The van der Waals surface area contributed by atoms with Gasteiger partial charge in [0.15, 0.2) is 4.96 Å². The molecule has 0 fully saturated rings. The average Bonchev–Trinajstić information content (AvgIpc) is 3.22. The second-order valence-electron chi connectivity index (χ2n) is 6.38. The molecule has 0 radical (unpaired) electrons. The Balaban J connectivity index is 1.63. The van der Waals surface area contributed by atoms with Crippen molar-refractivity contribution in [2.45, 2.75) is 6.92 Å². The fourth-order valence-corrected chi connectivity index (χ4v) is 4.49. The van der Waals surface area contributed by atoms with Crippen molar-refractivity contribution in [3.05, 3.63) is 86.8 Å². The molecule has 0 amide bonds. The Labute approximate surface area is 160 Å². The molecule has 0 N–H and O–H groups in total. The Morgan fingerprint density at radius 3 is 2.74 bits per heavy atom. The lowest BCUT2D eigenvalue weighted by molar-refractivity contribution is 0.972. The smallest absolute Gasteiger partial charge is 0.274 e. The van der Waals surface area contributed by atoms with Crippen molar-refractivity contribution < 1.29 is 0 Å². The molecule has 5 rings (SSSR count). The Kier molecular flexibility index (Phi) is 3.69. The molecule has 1 aliphatic rings. The standard InChI is InChI=1S/C22H17N3OS/c1-2-24-16(12-11-15-7-3-5-9-18(15)24)13-14-20-21(26)25-19-10-6-4-8-17(19)23-22(25)27-20/h3-14H,2H2,1H3/b16-13-,20-14-. The number of benzene rings is 2. The third kappa shape index (κ3) is 2.51. The lowest BCUT2D eigenvalue weighted by atomic mass is 10.1. The SMILES string of the molecule is CCN1/C(=C\C=c2/sc3nc4ccccc4n3c2=O)C=Cc2ccccc21. The molecule has 2 aromatic heterocycles. The summed E-state index contributed by atoms with van der Waals surface area (Å²) in [5, 5.41) is 0. The van der Waals surface area contributed by atoms with Crippen LogP contribution in [0.2, 0.25) is 0 Å². The topological polar surface area (TPSA) is 37.6 Å². The first-order valence-corrected chi connectivity index (χ1v) is 9.74. The molecule has 27 heavy (non-hydrogen) atoms. The van der Waals surface area contributed by atoms with E-state index in [4.69, 9.17) is 0 Å². The molecular weight excluding hydrogens is 354 g/mol. The lowest BCUT2D eigenvalue weighted by Gasteiger charge is -2.29. The summed E-state index contributed by atoms with van der Waals surface area (Å²) in [6.07, 6.45) is 8.15. The van der Waals surface area contributed by atoms with Gasteiger partial charge in [-0.05, 0) is 48.9 Å². The molecule has 4 aromatic rings. The minimum absolute atomic E-state index is 0.0104. The van der Waals surface area contributed by atoms with E-state index in [1.165, 1.54) is 22.6 Å². The molecule has 0 spiro atoms. The molecule has 0 unspecified atom stereocenters. The number of aromatic nitrogens is 2. The van der Waals surface area contributed by atoms with Gasteiger partial charge in [0.2, 0.25) is 0 Å². The first kappa shape index (κ1) is 16.0. The summed E-state index contributed by atoms with van der Waals surface area (Å²) < 4.78 is 2.40. The Morgan fingerprint density at radius 1 is 1.04 bits per heavy atom. The molecule has 0 bridgehead atoms. The molecule has 4 nitrogen and oxygen atoms in total. The molecule has 3 heterocycles. The van der Waals surface area contributed by atoms with E-state index in [9.17, 15) is 4.79 Å². The second kappa shape index (κ2) is 6.21. The Bertz CT molecular complexity index is 1340. The molecule has 2 aromatic carbocycles. The number of hydrogen-bond donors (Lipinski definition) is 0. The van der Waals surface area contributed by atoms with Crippen LogP contribution in [0.1, 0.15) is 12.5 Å². The summed E-state index contributed by atoms with van der Waals surface area (Å²) in [4.78, 5) is 20.4. The zero-order valence-electron chi connectivity index (χ0n) is 14.8. The predicted molar refractivity (Wildman–Crippen MR) is 113 cm³/mol. The van der Waals surface area contributed by atoms with Crippen molar-refractivity contribution in [2.24, 2.45) is 0 Å². The highest BCUT2D eigenvalue weighted by atomic mass is 32.1. The summed E-state index contributed by atoms with van der Waals surface area (Å²) in [5.74, 6) is 0. The number of hydrogen-bond acceptors (Lipinski definition) is 4. The molecular formula is C22H17N3OS. The van der Waals surface area contributed by atoms with E-state index >= 15 is 0 Å². The van der Waals surface area contributed by atoms with Gasteiger partial charge in [0.25, 0.3) is 5.56 Å². The molecule has 5 heteroatoms. The van der Waals surface area contributed by atoms with E-state index in [1.54, 1.807) is 4.40 Å². The highest BCUT2D eigenvalue weighted by Crippen LogP contribution is 2.30.